The summed E-state index contributed by atoms with van der Waals surface area (Å²) in [5.41, 5.74) is 8.35. The van der Waals surface area contributed by atoms with Crippen molar-refractivity contribution in [3.63, 3.8) is 0 Å². The maximum absolute atomic E-state index is 12.4. The van der Waals surface area contributed by atoms with Gasteiger partial charge in [-0.1, -0.05) is 42.3 Å². The van der Waals surface area contributed by atoms with Crippen LogP contribution in [0.2, 0.25) is 0 Å². The third kappa shape index (κ3) is 6.04. The van der Waals surface area contributed by atoms with E-state index in [1.165, 1.54) is 0 Å². The smallest absolute Gasteiger partial charge is 0.241 e. The Morgan fingerprint density at radius 2 is 1.97 bits per heavy atom. The van der Waals surface area contributed by atoms with E-state index in [2.05, 4.69) is 42.5 Å². The fraction of sp³-hybridized carbons (Fsp3) is 0.136. The van der Waals surface area contributed by atoms with Gasteiger partial charge < -0.3 is 21.1 Å². The number of halogens is 1. The monoisotopic (exact) mass is 465 g/mol. The number of hydrogen-bond acceptors (Lipinski definition) is 6. The third-order valence-electron chi connectivity index (χ3n) is 4.03. The number of terminal acetylenes is 1. The van der Waals surface area contributed by atoms with Crippen LogP contribution in [0.3, 0.4) is 0 Å². The van der Waals surface area contributed by atoms with Crippen LogP contribution < -0.4 is 21.1 Å². The molecule has 1 atom stereocenters. The Bertz CT molecular complexity index is 1050. The Labute approximate surface area is 183 Å². The van der Waals surface area contributed by atoms with Gasteiger partial charge in [-0.15, -0.1) is 6.42 Å². The first-order chi connectivity index (χ1) is 14.5. The number of carbonyl (C=O) groups excluding carboxylic acids is 1. The van der Waals surface area contributed by atoms with Crippen LogP contribution in [0.4, 0.5) is 17.3 Å². The molecule has 0 saturated carbocycles. The number of amides is 1. The van der Waals surface area contributed by atoms with Gasteiger partial charge >= 0.3 is 0 Å². The molecule has 4 N–H and O–H groups in total. The molecule has 2 aromatic carbocycles. The summed E-state index contributed by atoms with van der Waals surface area (Å²) >= 11 is 3.32. The minimum absolute atomic E-state index is 0.0970. The lowest BCUT2D eigenvalue weighted by atomic mass is 10.1. The molecule has 0 saturated heterocycles. The molecular formula is C22H20BrN5O2. The topological polar surface area (TPSA) is 102 Å². The highest BCUT2D eigenvalue weighted by molar-refractivity contribution is 9.10. The Hall–Kier alpha value is -3.41. The van der Waals surface area contributed by atoms with Crippen LogP contribution in [0.25, 0.3) is 0 Å². The van der Waals surface area contributed by atoms with Crippen LogP contribution in [-0.4, -0.2) is 28.5 Å². The fourth-order valence-corrected chi connectivity index (χ4v) is 2.93. The van der Waals surface area contributed by atoms with Crippen molar-refractivity contribution in [2.24, 2.45) is 5.73 Å². The van der Waals surface area contributed by atoms with Crippen molar-refractivity contribution in [2.45, 2.75) is 12.5 Å². The Morgan fingerprint density at radius 3 is 2.73 bits per heavy atom. The number of ether oxygens (including phenoxy) is 1. The maximum Gasteiger partial charge on any atom is 0.241 e. The maximum atomic E-state index is 12.4. The normalized spacial score (nSPS) is 11.2. The van der Waals surface area contributed by atoms with Crippen molar-refractivity contribution >= 4 is 39.2 Å². The van der Waals surface area contributed by atoms with Crippen LogP contribution in [0.1, 0.15) is 5.56 Å². The van der Waals surface area contributed by atoms with E-state index in [0.717, 1.165) is 5.56 Å². The van der Waals surface area contributed by atoms with Crippen LogP contribution in [0.5, 0.6) is 5.88 Å². The molecule has 1 amide bonds. The molecule has 0 radical (unpaired) electrons. The van der Waals surface area contributed by atoms with Crippen molar-refractivity contribution in [2.75, 3.05) is 17.2 Å². The van der Waals surface area contributed by atoms with E-state index in [9.17, 15) is 4.79 Å². The summed E-state index contributed by atoms with van der Waals surface area (Å²) < 4.78 is 5.97. The Balaban J connectivity index is 1.64. The second-order valence-electron chi connectivity index (χ2n) is 6.33. The van der Waals surface area contributed by atoms with Crippen molar-refractivity contribution in [1.82, 2.24) is 9.97 Å². The molecule has 0 aliphatic carbocycles. The summed E-state index contributed by atoms with van der Waals surface area (Å²) in [5, 5.41) is 5.91. The van der Waals surface area contributed by atoms with Gasteiger partial charge in [0, 0.05) is 11.4 Å². The van der Waals surface area contributed by atoms with E-state index >= 15 is 0 Å². The number of nitrogens with zero attached hydrogens (tertiary/aromatic N) is 2. The quantitative estimate of drug-likeness (QED) is 0.440. The molecule has 30 heavy (non-hydrogen) atoms. The second-order valence-corrected chi connectivity index (χ2v) is 7.19. The summed E-state index contributed by atoms with van der Waals surface area (Å²) in [6.07, 6.45) is 7.24. The number of aromatic nitrogens is 2. The largest absolute Gasteiger partial charge is 0.464 e. The molecule has 3 rings (SSSR count). The van der Waals surface area contributed by atoms with Crippen LogP contribution in [-0.2, 0) is 11.2 Å². The van der Waals surface area contributed by atoms with Gasteiger partial charge in [-0.3, -0.25) is 4.79 Å². The predicted octanol–water partition coefficient (Wildman–Crippen LogP) is 3.50. The third-order valence-corrected chi connectivity index (χ3v) is 4.57. The summed E-state index contributed by atoms with van der Waals surface area (Å²) in [6.45, 7) is 0.0970. The van der Waals surface area contributed by atoms with Gasteiger partial charge in [-0.2, -0.15) is 4.98 Å². The Morgan fingerprint density at radius 1 is 1.20 bits per heavy atom. The predicted molar refractivity (Wildman–Crippen MR) is 121 cm³/mol. The highest BCUT2D eigenvalue weighted by atomic mass is 79.9. The lowest BCUT2D eigenvalue weighted by Crippen LogP contribution is -2.37. The standard InChI is InChI=1S/C22H20BrN5O2/c1-2-11-30-21-18(23)14-25-22(28-21)27-17-10-6-9-16(13-17)26-20(29)19(24)12-15-7-4-3-5-8-15/h1,3-10,13-14,19H,11-12,24H2,(H,26,29)(H,25,27,28). The van der Waals surface area contributed by atoms with Crippen molar-refractivity contribution in [3.05, 3.63) is 70.8 Å². The first kappa shape index (κ1) is 21.3. The van der Waals surface area contributed by atoms with Gasteiger partial charge in [0.2, 0.25) is 17.7 Å². The molecule has 1 heterocycles. The summed E-state index contributed by atoms with van der Waals surface area (Å²) in [6, 6.07) is 16.2. The van der Waals surface area contributed by atoms with E-state index in [-0.39, 0.29) is 12.5 Å². The highest BCUT2D eigenvalue weighted by Crippen LogP contribution is 2.24. The van der Waals surface area contributed by atoms with E-state index < -0.39 is 6.04 Å². The minimum atomic E-state index is -0.658. The minimum Gasteiger partial charge on any atom is -0.464 e. The average molecular weight is 466 g/mol. The van der Waals surface area contributed by atoms with Crippen LogP contribution in [0.15, 0.2) is 65.3 Å². The molecule has 0 bridgehead atoms. The van der Waals surface area contributed by atoms with E-state index in [1.54, 1.807) is 24.4 Å². The number of benzene rings is 2. The summed E-state index contributed by atoms with van der Waals surface area (Å²) in [7, 11) is 0. The van der Waals surface area contributed by atoms with Gasteiger partial charge in [0.15, 0.2) is 6.61 Å². The van der Waals surface area contributed by atoms with E-state index in [0.29, 0.717) is 34.1 Å². The van der Waals surface area contributed by atoms with Gasteiger partial charge in [0.25, 0.3) is 0 Å². The molecular weight excluding hydrogens is 446 g/mol. The highest BCUT2D eigenvalue weighted by Gasteiger charge is 2.14. The van der Waals surface area contributed by atoms with Crippen molar-refractivity contribution in [1.29, 1.82) is 0 Å². The lowest BCUT2D eigenvalue weighted by molar-refractivity contribution is -0.117. The molecule has 1 unspecified atom stereocenters. The average Bonchev–Trinajstić information content (AvgIpc) is 2.75. The van der Waals surface area contributed by atoms with Gasteiger partial charge in [0.05, 0.1) is 16.7 Å². The zero-order valence-corrected chi connectivity index (χ0v) is 17.6. The first-order valence-corrected chi connectivity index (χ1v) is 9.90. The molecule has 152 valence electrons. The number of hydrogen-bond donors (Lipinski definition) is 3. The lowest BCUT2D eigenvalue weighted by Gasteiger charge is -2.13. The number of carbonyl (C=O) groups is 1. The van der Waals surface area contributed by atoms with Crippen LogP contribution >= 0.6 is 15.9 Å². The SMILES string of the molecule is C#CCOc1nc(Nc2cccc(NC(=O)C(N)Cc3ccccc3)c2)ncc1Br. The number of nitrogens with two attached hydrogens (primary N) is 1. The Kier molecular flexibility index (Phi) is 7.38. The number of rotatable bonds is 8. The molecule has 0 fully saturated rings. The summed E-state index contributed by atoms with van der Waals surface area (Å²) in [5.74, 6) is 2.79. The zero-order chi connectivity index (χ0) is 21.3. The van der Waals surface area contributed by atoms with Gasteiger partial charge in [0.1, 0.15) is 0 Å². The van der Waals surface area contributed by atoms with Crippen molar-refractivity contribution < 1.29 is 9.53 Å². The van der Waals surface area contributed by atoms with E-state index in [1.807, 2.05) is 36.4 Å². The molecule has 8 heteroatoms. The summed E-state index contributed by atoms with van der Waals surface area (Å²) in [4.78, 5) is 20.9. The van der Waals surface area contributed by atoms with Crippen LogP contribution in [0, 0.1) is 12.3 Å². The van der Waals surface area contributed by atoms with E-state index in [4.69, 9.17) is 16.9 Å². The zero-order valence-electron chi connectivity index (χ0n) is 16.0. The number of anilines is 3. The molecule has 0 aliphatic rings. The molecule has 0 spiro atoms. The van der Waals surface area contributed by atoms with Gasteiger partial charge in [-0.25, -0.2) is 4.98 Å². The first-order valence-electron chi connectivity index (χ1n) is 9.11. The fourth-order valence-electron chi connectivity index (χ4n) is 2.62. The van der Waals surface area contributed by atoms with Gasteiger partial charge in [-0.05, 0) is 46.1 Å². The van der Waals surface area contributed by atoms with Crippen molar-refractivity contribution in [3.8, 4) is 18.2 Å². The molecule has 7 nitrogen and oxygen atoms in total. The molecule has 0 aliphatic heterocycles. The molecule has 1 aromatic heterocycles. The molecule has 3 aromatic rings. The second kappa shape index (κ2) is 10.4. The number of nitrogens with one attached hydrogen (secondary N) is 2.